The van der Waals surface area contributed by atoms with Crippen molar-refractivity contribution in [3.8, 4) is 11.5 Å². The molecular formula is C24H41IN4O3. The topological polar surface area (TPSA) is 75.2 Å². The molecule has 0 saturated heterocycles. The largest absolute Gasteiger partial charge is 0.490 e. The molecule has 1 saturated carbocycles. The Balaban J connectivity index is 0.00000512. The zero-order valence-corrected chi connectivity index (χ0v) is 22.8. The molecule has 0 bridgehead atoms. The first-order valence-electron chi connectivity index (χ1n) is 11.5. The van der Waals surface area contributed by atoms with E-state index in [0.717, 1.165) is 55.3 Å². The monoisotopic (exact) mass is 560 g/mol. The number of hydrogen-bond donors (Lipinski definition) is 2. The Labute approximate surface area is 210 Å². The number of guanidine groups is 1. The van der Waals surface area contributed by atoms with E-state index in [9.17, 15) is 4.79 Å². The molecule has 1 atom stereocenters. The molecule has 0 spiro atoms. The van der Waals surface area contributed by atoms with E-state index in [1.165, 1.54) is 0 Å². The van der Waals surface area contributed by atoms with Crippen LogP contribution in [0.4, 0.5) is 0 Å². The summed E-state index contributed by atoms with van der Waals surface area (Å²) < 4.78 is 11.4. The van der Waals surface area contributed by atoms with E-state index in [0.29, 0.717) is 19.8 Å². The molecule has 1 aromatic rings. The lowest BCUT2D eigenvalue weighted by atomic mass is 9.85. The van der Waals surface area contributed by atoms with Crippen molar-refractivity contribution in [1.82, 2.24) is 15.5 Å². The molecule has 7 nitrogen and oxygen atoms in total. The summed E-state index contributed by atoms with van der Waals surface area (Å²) in [5.41, 5.74) is 0.702. The molecule has 8 heteroatoms. The van der Waals surface area contributed by atoms with Gasteiger partial charge in [0.2, 0.25) is 5.91 Å². The van der Waals surface area contributed by atoms with Crippen molar-refractivity contribution >= 4 is 35.8 Å². The third-order valence-corrected chi connectivity index (χ3v) is 5.73. The number of nitrogens with zero attached hydrogens (tertiary/aromatic N) is 2. The van der Waals surface area contributed by atoms with Gasteiger partial charge in [-0.1, -0.05) is 18.9 Å². The fourth-order valence-corrected chi connectivity index (χ4v) is 4.14. The SMILES string of the molecule is CCNC(=NCC1(C(=O)N(C)C)CCCC1)NC(C)c1ccc(OCC)c(OCC)c1.I. The van der Waals surface area contributed by atoms with Gasteiger partial charge in [-0.05, 0) is 58.2 Å². The van der Waals surface area contributed by atoms with Crippen LogP contribution in [0, 0.1) is 5.41 Å². The maximum Gasteiger partial charge on any atom is 0.230 e. The summed E-state index contributed by atoms with van der Waals surface area (Å²) in [6, 6.07) is 6.03. The number of ether oxygens (including phenoxy) is 2. The Kier molecular flexibility index (Phi) is 12.2. The molecular weight excluding hydrogens is 519 g/mol. The highest BCUT2D eigenvalue weighted by Crippen LogP contribution is 2.39. The van der Waals surface area contributed by atoms with E-state index >= 15 is 0 Å². The maximum absolute atomic E-state index is 12.9. The summed E-state index contributed by atoms with van der Waals surface area (Å²) >= 11 is 0. The zero-order chi connectivity index (χ0) is 22.9. The minimum absolute atomic E-state index is 0. The molecule has 1 aromatic carbocycles. The predicted molar refractivity (Wildman–Crippen MR) is 141 cm³/mol. The van der Waals surface area contributed by atoms with E-state index in [-0.39, 0.29) is 41.3 Å². The highest BCUT2D eigenvalue weighted by Gasteiger charge is 2.42. The lowest BCUT2D eigenvalue weighted by Gasteiger charge is -2.29. The molecule has 2 rings (SSSR count). The smallest absolute Gasteiger partial charge is 0.230 e. The molecule has 2 N–H and O–H groups in total. The van der Waals surface area contributed by atoms with Gasteiger partial charge in [0, 0.05) is 20.6 Å². The van der Waals surface area contributed by atoms with E-state index in [2.05, 4.69) is 17.6 Å². The van der Waals surface area contributed by atoms with Crippen molar-refractivity contribution < 1.29 is 14.3 Å². The van der Waals surface area contributed by atoms with Crippen LogP contribution in [-0.4, -0.2) is 57.2 Å². The first-order chi connectivity index (χ1) is 14.9. The average Bonchev–Trinajstić information content (AvgIpc) is 3.23. The number of carbonyl (C=O) groups is 1. The van der Waals surface area contributed by atoms with Crippen molar-refractivity contribution in [1.29, 1.82) is 0 Å². The normalized spacial score (nSPS) is 16.0. The number of carbonyl (C=O) groups excluding carboxylic acids is 1. The minimum Gasteiger partial charge on any atom is -0.490 e. The standard InChI is InChI=1S/C24H40N4O3.HI/c1-7-25-23(26-17-24(14-10-11-15-24)22(29)28(5)6)27-18(4)19-12-13-20(30-8-2)21(16-19)31-9-3;/h12-13,16,18H,7-11,14-15,17H2,1-6H3,(H2,25,26,27);1H. The molecule has 0 aromatic heterocycles. The van der Waals surface area contributed by atoms with Crippen LogP contribution in [0.1, 0.15) is 65.0 Å². The Bertz CT molecular complexity index is 749. The van der Waals surface area contributed by atoms with Crippen molar-refractivity contribution in [2.45, 2.75) is 59.4 Å². The van der Waals surface area contributed by atoms with Gasteiger partial charge in [0.1, 0.15) is 0 Å². The highest BCUT2D eigenvalue weighted by atomic mass is 127. The van der Waals surface area contributed by atoms with Gasteiger partial charge in [-0.3, -0.25) is 9.79 Å². The summed E-state index contributed by atoms with van der Waals surface area (Å²) in [6.45, 7) is 10.5. The van der Waals surface area contributed by atoms with E-state index in [4.69, 9.17) is 14.5 Å². The molecule has 1 amide bonds. The molecule has 1 aliphatic carbocycles. The summed E-state index contributed by atoms with van der Waals surface area (Å²) in [5.74, 6) is 2.41. The number of nitrogens with one attached hydrogen (secondary N) is 2. The molecule has 1 aliphatic rings. The van der Waals surface area contributed by atoms with Crippen molar-refractivity contribution in [3.05, 3.63) is 23.8 Å². The fraction of sp³-hybridized carbons (Fsp3) is 0.667. The van der Waals surface area contributed by atoms with Crippen molar-refractivity contribution in [2.24, 2.45) is 10.4 Å². The number of rotatable bonds is 10. The highest BCUT2D eigenvalue weighted by molar-refractivity contribution is 14.0. The van der Waals surface area contributed by atoms with Crippen LogP contribution in [0.25, 0.3) is 0 Å². The second kappa shape index (κ2) is 13.7. The molecule has 1 fully saturated rings. The number of hydrogen-bond acceptors (Lipinski definition) is 4. The van der Waals surface area contributed by atoms with Gasteiger partial charge in [0.15, 0.2) is 17.5 Å². The Morgan fingerprint density at radius 2 is 1.75 bits per heavy atom. The fourth-order valence-electron chi connectivity index (χ4n) is 4.14. The van der Waals surface area contributed by atoms with Gasteiger partial charge in [0.25, 0.3) is 0 Å². The first-order valence-corrected chi connectivity index (χ1v) is 11.5. The lowest BCUT2D eigenvalue weighted by Crippen LogP contribution is -2.43. The van der Waals surface area contributed by atoms with Gasteiger partial charge >= 0.3 is 0 Å². The van der Waals surface area contributed by atoms with Gasteiger partial charge in [0.05, 0.1) is 31.2 Å². The number of halogens is 1. The molecule has 0 aliphatic heterocycles. The van der Waals surface area contributed by atoms with Crippen LogP contribution < -0.4 is 20.1 Å². The average molecular weight is 561 g/mol. The molecule has 0 heterocycles. The van der Waals surface area contributed by atoms with E-state index < -0.39 is 0 Å². The zero-order valence-electron chi connectivity index (χ0n) is 20.5. The Morgan fingerprint density at radius 3 is 2.31 bits per heavy atom. The van der Waals surface area contributed by atoms with Crippen LogP contribution in [0.15, 0.2) is 23.2 Å². The van der Waals surface area contributed by atoms with E-state index in [1.807, 2.05) is 53.1 Å². The summed E-state index contributed by atoms with van der Waals surface area (Å²) in [6.07, 6.45) is 3.97. The Morgan fingerprint density at radius 1 is 1.12 bits per heavy atom. The van der Waals surface area contributed by atoms with Crippen LogP contribution >= 0.6 is 24.0 Å². The second-order valence-corrected chi connectivity index (χ2v) is 8.32. The summed E-state index contributed by atoms with van der Waals surface area (Å²) in [5, 5.41) is 6.80. The number of aliphatic imine (C=N–C) groups is 1. The lowest BCUT2D eigenvalue weighted by molar-refractivity contribution is -0.138. The van der Waals surface area contributed by atoms with Crippen LogP contribution in [-0.2, 0) is 4.79 Å². The Hall–Kier alpha value is -1.71. The summed E-state index contributed by atoms with van der Waals surface area (Å²) in [4.78, 5) is 19.4. The van der Waals surface area contributed by atoms with Crippen LogP contribution in [0.3, 0.4) is 0 Å². The predicted octanol–water partition coefficient (Wildman–Crippen LogP) is 4.37. The minimum atomic E-state index is -0.379. The van der Waals surface area contributed by atoms with Crippen molar-refractivity contribution in [2.75, 3.05) is 40.4 Å². The maximum atomic E-state index is 12.9. The third-order valence-electron chi connectivity index (χ3n) is 5.73. The van der Waals surface area contributed by atoms with Crippen LogP contribution in [0.2, 0.25) is 0 Å². The quantitative estimate of drug-likeness (QED) is 0.253. The van der Waals surface area contributed by atoms with E-state index in [1.54, 1.807) is 4.90 Å². The van der Waals surface area contributed by atoms with Crippen LogP contribution in [0.5, 0.6) is 11.5 Å². The van der Waals surface area contributed by atoms with Gasteiger partial charge in [-0.25, -0.2) is 0 Å². The second-order valence-electron chi connectivity index (χ2n) is 8.32. The molecule has 182 valence electrons. The van der Waals surface area contributed by atoms with Gasteiger partial charge < -0.3 is 25.0 Å². The first kappa shape index (κ1) is 28.3. The molecule has 1 unspecified atom stereocenters. The number of amides is 1. The number of benzene rings is 1. The molecule has 32 heavy (non-hydrogen) atoms. The third kappa shape index (κ3) is 7.42. The van der Waals surface area contributed by atoms with Gasteiger partial charge in [-0.15, -0.1) is 24.0 Å². The van der Waals surface area contributed by atoms with Crippen molar-refractivity contribution in [3.63, 3.8) is 0 Å². The summed E-state index contributed by atoms with van der Waals surface area (Å²) in [7, 11) is 3.67. The van der Waals surface area contributed by atoms with Gasteiger partial charge in [-0.2, -0.15) is 0 Å². The molecule has 0 radical (unpaired) electrons.